The number of nitrogens with one attached hydrogen (secondary N) is 1. The molecule has 3 aromatic rings. The minimum atomic E-state index is 0.0437. The Balaban J connectivity index is 1.63. The van der Waals surface area contributed by atoms with Crippen molar-refractivity contribution in [3.05, 3.63) is 42.2 Å². The fraction of sp³-hybridized carbons (Fsp3) is 0.417. The average molecular weight is 417 g/mol. The van der Waals surface area contributed by atoms with Crippen LogP contribution in [0.5, 0.6) is 5.75 Å². The third kappa shape index (κ3) is 4.17. The summed E-state index contributed by atoms with van der Waals surface area (Å²) < 4.78 is 0. The number of hydrogen-bond donors (Lipinski definition) is 2. The van der Waals surface area contributed by atoms with E-state index in [0.717, 1.165) is 24.0 Å². The molecule has 1 saturated heterocycles. The number of phenols is 1. The molecule has 0 atom stereocenters. The van der Waals surface area contributed by atoms with Crippen LogP contribution in [-0.2, 0) is 0 Å². The zero-order chi connectivity index (χ0) is 22.4. The van der Waals surface area contributed by atoms with Gasteiger partial charge in [-0.15, -0.1) is 10.2 Å². The standard InChI is InChI=1S/C24H28N6O/c1-23(2)12-16(13-24(3,4)29-23)30(5)22-7-6-19(27-28-22)18-10-15-8-9-26-20(14-25)17(15)11-21(18)31/h6-11,16,29,31H,12-13H2,1-5H3. The summed E-state index contributed by atoms with van der Waals surface area (Å²) >= 11 is 0. The van der Waals surface area contributed by atoms with E-state index in [1.54, 1.807) is 12.3 Å². The Morgan fingerprint density at radius 1 is 1.10 bits per heavy atom. The molecule has 4 rings (SSSR count). The normalized spacial score (nSPS) is 17.9. The van der Waals surface area contributed by atoms with E-state index >= 15 is 0 Å². The lowest BCUT2D eigenvalue weighted by atomic mass is 9.79. The Hall–Kier alpha value is -3.24. The quantitative estimate of drug-likeness (QED) is 0.665. The van der Waals surface area contributed by atoms with Crippen LogP contribution in [0.2, 0.25) is 0 Å². The number of aromatic hydroxyl groups is 1. The fourth-order valence-electron chi connectivity index (χ4n) is 4.89. The van der Waals surface area contributed by atoms with E-state index in [2.05, 4.69) is 66.2 Å². The maximum Gasteiger partial charge on any atom is 0.151 e. The first-order valence-corrected chi connectivity index (χ1v) is 10.5. The lowest BCUT2D eigenvalue weighted by Gasteiger charge is -2.49. The molecule has 31 heavy (non-hydrogen) atoms. The van der Waals surface area contributed by atoms with E-state index in [1.807, 2.05) is 24.3 Å². The Morgan fingerprint density at radius 2 is 1.81 bits per heavy atom. The molecule has 0 saturated carbocycles. The number of hydrogen-bond acceptors (Lipinski definition) is 7. The maximum atomic E-state index is 10.6. The summed E-state index contributed by atoms with van der Waals surface area (Å²) in [4.78, 5) is 6.26. The van der Waals surface area contributed by atoms with E-state index in [4.69, 9.17) is 0 Å². The van der Waals surface area contributed by atoms with Gasteiger partial charge in [0.05, 0.1) is 5.69 Å². The minimum absolute atomic E-state index is 0.0437. The third-order valence-electron chi connectivity index (χ3n) is 5.99. The molecular weight excluding hydrogens is 388 g/mol. The highest BCUT2D eigenvalue weighted by Gasteiger charge is 2.39. The van der Waals surface area contributed by atoms with Gasteiger partial charge in [-0.3, -0.25) is 0 Å². The molecule has 3 heterocycles. The van der Waals surface area contributed by atoms with Crippen molar-refractivity contribution >= 4 is 16.6 Å². The highest BCUT2D eigenvalue weighted by molar-refractivity contribution is 5.92. The number of aromatic nitrogens is 3. The number of piperidine rings is 1. The minimum Gasteiger partial charge on any atom is -0.507 e. The van der Waals surface area contributed by atoms with Gasteiger partial charge in [-0.2, -0.15) is 5.26 Å². The number of benzene rings is 1. The van der Waals surface area contributed by atoms with Crippen molar-refractivity contribution in [1.82, 2.24) is 20.5 Å². The third-order valence-corrected chi connectivity index (χ3v) is 5.99. The number of anilines is 1. The van der Waals surface area contributed by atoms with Crippen molar-refractivity contribution < 1.29 is 5.11 Å². The highest BCUT2D eigenvalue weighted by Crippen LogP contribution is 2.35. The number of nitriles is 1. The number of rotatable bonds is 3. The van der Waals surface area contributed by atoms with Crippen LogP contribution in [0.15, 0.2) is 36.5 Å². The molecule has 7 nitrogen and oxygen atoms in total. The summed E-state index contributed by atoms with van der Waals surface area (Å²) in [6.45, 7) is 8.94. The van der Waals surface area contributed by atoms with Crippen LogP contribution in [0.1, 0.15) is 46.2 Å². The predicted octanol–water partition coefficient (Wildman–Crippen LogP) is 4.01. The van der Waals surface area contributed by atoms with Gasteiger partial charge in [0.1, 0.15) is 17.5 Å². The number of fused-ring (bicyclic) bond motifs is 1. The predicted molar refractivity (Wildman–Crippen MR) is 122 cm³/mol. The molecule has 7 heteroatoms. The largest absolute Gasteiger partial charge is 0.507 e. The van der Waals surface area contributed by atoms with Crippen LogP contribution in [-0.4, -0.2) is 44.5 Å². The van der Waals surface area contributed by atoms with Gasteiger partial charge < -0.3 is 15.3 Å². The second-order valence-electron chi connectivity index (χ2n) is 9.70. The number of pyridine rings is 1. The van der Waals surface area contributed by atoms with Gasteiger partial charge in [-0.25, -0.2) is 4.98 Å². The van der Waals surface area contributed by atoms with E-state index in [1.165, 1.54) is 0 Å². The smallest absolute Gasteiger partial charge is 0.151 e. The van der Waals surface area contributed by atoms with Crippen molar-refractivity contribution in [2.75, 3.05) is 11.9 Å². The molecule has 0 radical (unpaired) electrons. The molecule has 0 unspecified atom stereocenters. The SMILES string of the molecule is CN(c1ccc(-c2cc3ccnc(C#N)c3cc2O)nn1)C1CC(C)(C)NC(C)(C)C1. The van der Waals surface area contributed by atoms with Gasteiger partial charge in [0.25, 0.3) is 0 Å². The second-order valence-corrected chi connectivity index (χ2v) is 9.70. The van der Waals surface area contributed by atoms with Crippen LogP contribution in [0.4, 0.5) is 5.82 Å². The van der Waals surface area contributed by atoms with Gasteiger partial charge in [0.2, 0.25) is 0 Å². The van der Waals surface area contributed by atoms with Crippen molar-refractivity contribution in [2.45, 2.75) is 57.7 Å². The number of nitrogens with zero attached hydrogens (tertiary/aromatic N) is 5. The van der Waals surface area contributed by atoms with Gasteiger partial charge in [0, 0.05) is 41.3 Å². The monoisotopic (exact) mass is 416 g/mol. The van der Waals surface area contributed by atoms with Gasteiger partial charge in [0.15, 0.2) is 5.82 Å². The van der Waals surface area contributed by atoms with Crippen molar-refractivity contribution in [2.24, 2.45) is 0 Å². The van der Waals surface area contributed by atoms with E-state index < -0.39 is 0 Å². The summed E-state index contributed by atoms with van der Waals surface area (Å²) in [6.07, 6.45) is 3.61. The second kappa shape index (κ2) is 7.47. The summed E-state index contributed by atoms with van der Waals surface area (Å²) in [6, 6.07) is 11.4. The number of phenolic OH excluding ortho intramolecular Hbond substituents is 1. The van der Waals surface area contributed by atoms with Crippen LogP contribution in [0.25, 0.3) is 22.0 Å². The highest BCUT2D eigenvalue weighted by atomic mass is 16.3. The molecule has 0 spiro atoms. The molecule has 1 aliphatic rings. The first-order chi connectivity index (χ1) is 14.6. The summed E-state index contributed by atoms with van der Waals surface area (Å²) in [5.41, 5.74) is 1.53. The van der Waals surface area contributed by atoms with Crippen molar-refractivity contribution in [3.63, 3.8) is 0 Å². The maximum absolute atomic E-state index is 10.6. The lowest BCUT2D eigenvalue weighted by Crippen LogP contribution is -2.62. The Bertz CT molecular complexity index is 1150. The van der Waals surface area contributed by atoms with Crippen molar-refractivity contribution in [1.29, 1.82) is 5.26 Å². The van der Waals surface area contributed by atoms with Crippen LogP contribution < -0.4 is 10.2 Å². The first kappa shape index (κ1) is 21.0. The van der Waals surface area contributed by atoms with Gasteiger partial charge in [-0.05, 0) is 76.3 Å². The van der Waals surface area contributed by atoms with Gasteiger partial charge in [-0.1, -0.05) is 0 Å². The van der Waals surface area contributed by atoms with E-state index in [0.29, 0.717) is 22.7 Å². The molecule has 0 amide bonds. The summed E-state index contributed by atoms with van der Waals surface area (Å²) in [5, 5.41) is 33.8. The zero-order valence-electron chi connectivity index (χ0n) is 18.6. The molecule has 2 N–H and O–H groups in total. The zero-order valence-corrected chi connectivity index (χ0v) is 18.6. The molecule has 1 aliphatic heterocycles. The average Bonchev–Trinajstić information content (AvgIpc) is 2.70. The summed E-state index contributed by atoms with van der Waals surface area (Å²) in [5.74, 6) is 0.854. The Morgan fingerprint density at radius 3 is 2.42 bits per heavy atom. The molecule has 0 bridgehead atoms. The van der Waals surface area contributed by atoms with E-state index in [9.17, 15) is 10.4 Å². The lowest BCUT2D eigenvalue weighted by molar-refractivity contribution is 0.160. The van der Waals surface area contributed by atoms with Gasteiger partial charge >= 0.3 is 0 Å². The van der Waals surface area contributed by atoms with E-state index in [-0.39, 0.29) is 22.5 Å². The van der Waals surface area contributed by atoms with Crippen LogP contribution >= 0.6 is 0 Å². The van der Waals surface area contributed by atoms with Crippen LogP contribution in [0.3, 0.4) is 0 Å². The van der Waals surface area contributed by atoms with Crippen LogP contribution in [0, 0.1) is 11.3 Å². The molecule has 0 aliphatic carbocycles. The molecule has 2 aromatic heterocycles. The van der Waals surface area contributed by atoms with Crippen molar-refractivity contribution in [3.8, 4) is 23.1 Å². The fourth-order valence-corrected chi connectivity index (χ4v) is 4.89. The molecule has 160 valence electrons. The molecular formula is C24H28N6O. The first-order valence-electron chi connectivity index (χ1n) is 10.5. The molecule has 1 aromatic carbocycles. The summed E-state index contributed by atoms with van der Waals surface area (Å²) in [7, 11) is 2.07. The topological polar surface area (TPSA) is 98.0 Å². The molecule has 1 fully saturated rings. The Kier molecular flexibility index (Phi) is 5.06. The Labute approximate surface area is 182 Å².